The van der Waals surface area contributed by atoms with Crippen molar-refractivity contribution < 1.29 is 13.2 Å². The highest BCUT2D eigenvalue weighted by Crippen LogP contribution is 2.26. The Bertz CT molecular complexity index is 1030. The molecule has 2 aromatic carbocycles. The van der Waals surface area contributed by atoms with Crippen molar-refractivity contribution in [3.05, 3.63) is 78.0 Å². The van der Waals surface area contributed by atoms with Crippen molar-refractivity contribution in [1.29, 1.82) is 5.26 Å². The summed E-state index contributed by atoms with van der Waals surface area (Å²) in [5.41, 5.74) is 1.73. The van der Waals surface area contributed by atoms with Crippen LogP contribution in [0.4, 0.5) is 0 Å². The van der Waals surface area contributed by atoms with Crippen LogP contribution in [0.25, 0.3) is 11.3 Å². The molecule has 0 spiro atoms. The first-order valence-corrected chi connectivity index (χ1v) is 8.49. The van der Waals surface area contributed by atoms with Gasteiger partial charge in [0.15, 0.2) is 6.29 Å². The zero-order chi connectivity index (χ0) is 17.2. The first-order valence-electron chi connectivity index (χ1n) is 7.05. The van der Waals surface area contributed by atoms with Crippen molar-refractivity contribution in [3.8, 4) is 17.3 Å². The fourth-order valence-electron chi connectivity index (χ4n) is 2.36. The standard InChI is InChI=1S/C18H12N2O3S/c19-11-14-6-8-17(9-7-14)24(22,23)20-12-15(13-21)10-18(20)16-4-2-1-3-5-16/h1-10,12-13H. The minimum absolute atomic E-state index is 0.0479. The van der Waals surface area contributed by atoms with Crippen LogP contribution in [-0.2, 0) is 10.0 Å². The quantitative estimate of drug-likeness (QED) is 0.686. The molecule has 0 saturated carbocycles. The zero-order valence-electron chi connectivity index (χ0n) is 12.5. The summed E-state index contributed by atoms with van der Waals surface area (Å²) in [6, 6.07) is 18.1. The number of nitrogens with zero attached hydrogens (tertiary/aromatic N) is 2. The number of hydrogen-bond acceptors (Lipinski definition) is 4. The molecular formula is C18H12N2O3S. The monoisotopic (exact) mass is 336 g/mol. The number of aromatic nitrogens is 1. The largest absolute Gasteiger partial charge is 0.298 e. The molecule has 0 radical (unpaired) electrons. The van der Waals surface area contributed by atoms with Gasteiger partial charge in [-0.25, -0.2) is 12.4 Å². The van der Waals surface area contributed by atoms with E-state index in [1.165, 1.54) is 36.5 Å². The van der Waals surface area contributed by atoms with E-state index in [2.05, 4.69) is 0 Å². The second-order valence-electron chi connectivity index (χ2n) is 5.08. The summed E-state index contributed by atoms with van der Waals surface area (Å²) in [6.45, 7) is 0. The van der Waals surface area contributed by atoms with Crippen molar-refractivity contribution in [2.75, 3.05) is 0 Å². The number of aldehydes is 1. The number of carbonyl (C=O) groups is 1. The van der Waals surface area contributed by atoms with Gasteiger partial charge in [0.25, 0.3) is 10.0 Å². The number of rotatable bonds is 4. The normalized spacial score (nSPS) is 11.0. The van der Waals surface area contributed by atoms with Crippen LogP contribution in [0, 0.1) is 11.3 Å². The lowest BCUT2D eigenvalue weighted by atomic mass is 10.1. The molecule has 6 heteroatoms. The van der Waals surface area contributed by atoms with Crippen LogP contribution in [0.15, 0.2) is 71.8 Å². The lowest BCUT2D eigenvalue weighted by molar-refractivity contribution is 0.112. The minimum atomic E-state index is -3.88. The minimum Gasteiger partial charge on any atom is -0.298 e. The second-order valence-corrected chi connectivity index (χ2v) is 6.89. The summed E-state index contributed by atoms with van der Waals surface area (Å²) < 4.78 is 26.9. The van der Waals surface area contributed by atoms with Crippen molar-refractivity contribution >= 4 is 16.3 Å². The Morgan fingerprint density at radius 3 is 2.25 bits per heavy atom. The fraction of sp³-hybridized carbons (Fsp3) is 0. The van der Waals surface area contributed by atoms with Crippen LogP contribution in [0.3, 0.4) is 0 Å². The first kappa shape index (κ1) is 15.7. The van der Waals surface area contributed by atoms with Gasteiger partial charge in [0.2, 0.25) is 0 Å². The molecule has 1 aromatic heterocycles. The maximum absolute atomic E-state index is 12.9. The number of carbonyl (C=O) groups excluding carboxylic acids is 1. The third kappa shape index (κ3) is 2.73. The second kappa shape index (κ2) is 6.14. The third-order valence-corrected chi connectivity index (χ3v) is 5.24. The van der Waals surface area contributed by atoms with Crippen LogP contribution in [-0.4, -0.2) is 18.7 Å². The summed E-state index contributed by atoms with van der Waals surface area (Å²) in [5, 5.41) is 8.83. The molecule has 3 rings (SSSR count). The highest BCUT2D eigenvalue weighted by Gasteiger charge is 2.21. The topological polar surface area (TPSA) is 79.9 Å². The fourth-order valence-corrected chi connectivity index (χ4v) is 3.75. The molecule has 0 aliphatic rings. The van der Waals surface area contributed by atoms with Gasteiger partial charge in [-0.3, -0.25) is 4.79 Å². The molecule has 0 bridgehead atoms. The predicted molar refractivity (Wildman–Crippen MR) is 89.0 cm³/mol. The average Bonchev–Trinajstić information content (AvgIpc) is 3.08. The van der Waals surface area contributed by atoms with Gasteiger partial charge in [-0.05, 0) is 35.9 Å². The molecule has 5 nitrogen and oxygen atoms in total. The van der Waals surface area contributed by atoms with Gasteiger partial charge in [0.1, 0.15) is 0 Å². The average molecular weight is 336 g/mol. The van der Waals surface area contributed by atoms with Crippen molar-refractivity contribution in [2.45, 2.75) is 4.90 Å². The smallest absolute Gasteiger partial charge is 0.268 e. The molecule has 0 N–H and O–H groups in total. The van der Waals surface area contributed by atoms with E-state index in [0.29, 0.717) is 23.1 Å². The van der Waals surface area contributed by atoms with Crippen LogP contribution in [0.1, 0.15) is 15.9 Å². The van der Waals surface area contributed by atoms with Gasteiger partial charge in [0, 0.05) is 11.8 Å². The maximum atomic E-state index is 12.9. The lowest BCUT2D eigenvalue weighted by Crippen LogP contribution is -2.13. The molecule has 0 amide bonds. The van der Waals surface area contributed by atoms with Gasteiger partial charge < -0.3 is 0 Å². The Morgan fingerprint density at radius 2 is 1.67 bits per heavy atom. The van der Waals surface area contributed by atoms with Crippen LogP contribution in [0.2, 0.25) is 0 Å². The van der Waals surface area contributed by atoms with E-state index in [0.717, 1.165) is 3.97 Å². The van der Waals surface area contributed by atoms with Gasteiger partial charge in [0.05, 0.1) is 22.2 Å². The van der Waals surface area contributed by atoms with E-state index in [1.807, 2.05) is 12.1 Å². The molecular weight excluding hydrogens is 324 g/mol. The molecule has 24 heavy (non-hydrogen) atoms. The number of benzene rings is 2. The molecule has 0 saturated heterocycles. The number of hydrogen-bond donors (Lipinski definition) is 0. The SMILES string of the molecule is N#Cc1ccc(S(=O)(=O)n2cc(C=O)cc2-c2ccccc2)cc1. The zero-order valence-corrected chi connectivity index (χ0v) is 13.3. The maximum Gasteiger partial charge on any atom is 0.268 e. The molecule has 0 fully saturated rings. The summed E-state index contributed by atoms with van der Waals surface area (Å²) in [5.74, 6) is 0. The number of nitriles is 1. The van der Waals surface area contributed by atoms with E-state index in [9.17, 15) is 13.2 Å². The Kier molecular flexibility index (Phi) is 4.02. The molecule has 1 heterocycles. The summed E-state index contributed by atoms with van der Waals surface area (Å²) >= 11 is 0. The molecule has 0 aliphatic carbocycles. The van der Waals surface area contributed by atoms with Crippen LogP contribution < -0.4 is 0 Å². The van der Waals surface area contributed by atoms with Crippen molar-refractivity contribution in [2.24, 2.45) is 0 Å². The van der Waals surface area contributed by atoms with Crippen molar-refractivity contribution in [3.63, 3.8) is 0 Å². The predicted octanol–water partition coefficient (Wildman–Crippen LogP) is 3.08. The summed E-state index contributed by atoms with van der Waals surface area (Å²) in [4.78, 5) is 11.2. The Hall–Kier alpha value is -3.17. The van der Waals surface area contributed by atoms with Crippen LogP contribution >= 0.6 is 0 Å². The highest BCUT2D eigenvalue weighted by atomic mass is 32.2. The van der Waals surface area contributed by atoms with Gasteiger partial charge in [-0.1, -0.05) is 30.3 Å². The summed E-state index contributed by atoms with van der Waals surface area (Å²) in [7, 11) is -3.88. The van der Waals surface area contributed by atoms with Gasteiger partial charge in [-0.15, -0.1) is 0 Å². The van der Waals surface area contributed by atoms with Gasteiger partial charge >= 0.3 is 0 Å². The highest BCUT2D eigenvalue weighted by molar-refractivity contribution is 7.90. The van der Waals surface area contributed by atoms with Crippen LogP contribution in [0.5, 0.6) is 0 Å². The molecule has 0 unspecified atom stereocenters. The van der Waals surface area contributed by atoms with E-state index < -0.39 is 10.0 Å². The Labute approximate surface area is 139 Å². The molecule has 3 aromatic rings. The van der Waals surface area contributed by atoms with Gasteiger partial charge in [-0.2, -0.15) is 5.26 Å². The van der Waals surface area contributed by atoms with E-state index >= 15 is 0 Å². The van der Waals surface area contributed by atoms with E-state index in [4.69, 9.17) is 5.26 Å². The van der Waals surface area contributed by atoms with E-state index in [-0.39, 0.29) is 10.5 Å². The molecule has 0 aliphatic heterocycles. The lowest BCUT2D eigenvalue weighted by Gasteiger charge is -2.10. The Balaban J connectivity index is 2.19. The van der Waals surface area contributed by atoms with E-state index in [1.54, 1.807) is 24.3 Å². The third-order valence-electron chi connectivity index (χ3n) is 3.55. The molecule has 118 valence electrons. The Morgan fingerprint density at radius 1 is 1.00 bits per heavy atom. The van der Waals surface area contributed by atoms with Crippen molar-refractivity contribution in [1.82, 2.24) is 3.97 Å². The summed E-state index contributed by atoms with van der Waals surface area (Å²) in [6.07, 6.45) is 1.90. The molecule has 0 atom stereocenters. The first-order chi connectivity index (χ1) is 11.6.